The summed E-state index contributed by atoms with van der Waals surface area (Å²) in [5.74, 6) is -0.751. The second-order valence-corrected chi connectivity index (χ2v) is 5.09. The number of likely N-dealkylation sites (tertiary alicyclic amines) is 1. The van der Waals surface area contributed by atoms with Crippen LogP contribution in [-0.2, 0) is 16.2 Å². The van der Waals surface area contributed by atoms with Gasteiger partial charge in [0.2, 0.25) is 0 Å². The number of hydrogen-bond acceptors (Lipinski definition) is 4. The molecule has 1 saturated heterocycles. The van der Waals surface area contributed by atoms with Gasteiger partial charge in [0.25, 0.3) is 5.91 Å². The molecular weight excluding hydrogens is 274 g/mol. The lowest BCUT2D eigenvalue weighted by Gasteiger charge is -2.30. The van der Waals surface area contributed by atoms with E-state index in [1.54, 1.807) is 29.2 Å². The van der Waals surface area contributed by atoms with Crippen LogP contribution in [0.2, 0.25) is 0 Å². The normalized spacial score (nSPS) is 15.8. The van der Waals surface area contributed by atoms with Gasteiger partial charge in [-0.3, -0.25) is 9.59 Å². The largest absolute Gasteiger partial charge is 0.484 e. The summed E-state index contributed by atoms with van der Waals surface area (Å²) in [6.45, 7) is 0.756. The van der Waals surface area contributed by atoms with E-state index in [1.165, 1.54) is 0 Å². The summed E-state index contributed by atoms with van der Waals surface area (Å²) in [7, 11) is 0. The Morgan fingerprint density at radius 1 is 1.29 bits per heavy atom. The Labute approximate surface area is 122 Å². The zero-order valence-corrected chi connectivity index (χ0v) is 11.7. The monoisotopic (exact) mass is 293 g/mol. The van der Waals surface area contributed by atoms with Crippen LogP contribution >= 0.6 is 0 Å². The Kier molecular flexibility index (Phi) is 5.16. The number of benzene rings is 1. The number of rotatable bonds is 5. The summed E-state index contributed by atoms with van der Waals surface area (Å²) >= 11 is 0. The first-order chi connectivity index (χ1) is 10.1. The van der Waals surface area contributed by atoms with Crippen molar-refractivity contribution in [3.8, 4) is 5.75 Å². The number of amides is 1. The minimum Gasteiger partial charge on any atom is -0.484 e. The lowest BCUT2D eigenvalue weighted by Crippen LogP contribution is -2.42. The number of carbonyl (C=O) groups excluding carboxylic acids is 1. The number of carbonyl (C=O) groups is 2. The van der Waals surface area contributed by atoms with E-state index in [0.29, 0.717) is 31.7 Å². The maximum absolute atomic E-state index is 12.0. The summed E-state index contributed by atoms with van der Waals surface area (Å²) in [5, 5.41) is 18.0. The minimum atomic E-state index is -0.792. The molecule has 6 heteroatoms. The zero-order chi connectivity index (χ0) is 15.2. The lowest BCUT2D eigenvalue weighted by atomic mass is 9.97. The number of nitrogens with zero attached hydrogens (tertiary/aromatic N) is 1. The number of aliphatic hydroxyl groups excluding tert-OH is 1. The predicted octanol–water partition coefficient (Wildman–Crippen LogP) is 0.881. The number of piperidine rings is 1. The highest BCUT2D eigenvalue weighted by molar-refractivity contribution is 5.78. The van der Waals surface area contributed by atoms with Gasteiger partial charge in [-0.15, -0.1) is 0 Å². The summed E-state index contributed by atoms with van der Waals surface area (Å²) in [6, 6.07) is 6.93. The van der Waals surface area contributed by atoms with Gasteiger partial charge in [0.1, 0.15) is 5.75 Å². The molecule has 1 heterocycles. The van der Waals surface area contributed by atoms with Crippen molar-refractivity contribution in [2.45, 2.75) is 19.4 Å². The lowest BCUT2D eigenvalue weighted by molar-refractivity contribution is -0.146. The molecule has 1 aromatic rings. The van der Waals surface area contributed by atoms with Gasteiger partial charge >= 0.3 is 5.97 Å². The molecule has 1 aliphatic rings. The van der Waals surface area contributed by atoms with Gasteiger partial charge in [-0.1, -0.05) is 12.1 Å². The van der Waals surface area contributed by atoms with E-state index in [1.807, 2.05) is 0 Å². The van der Waals surface area contributed by atoms with Crippen LogP contribution in [0.25, 0.3) is 0 Å². The molecule has 2 rings (SSSR count). The van der Waals surface area contributed by atoms with Crippen LogP contribution in [0.4, 0.5) is 0 Å². The van der Waals surface area contributed by atoms with Crippen LogP contribution in [0.3, 0.4) is 0 Å². The second-order valence-electron chi connectivity index (χ2n) is 5.09. The van der Waals surface area contributed by atoms with Gasteiger partial charge in [0, 0.05) is 13.1 Å². The number of ether oxygens (including phenoxy) is 1. The summed E-state index contributed by atoms with van der Waals surface area (Å²) in [6.07, 6.45) is 0.974. The van der Waals surface area contributed by atoms with Crippen LogP contribution in [0.5, 0.6) is 5.75 Å². The van der Waals surface area contributed by atoms with E-state index in [4.69, 9.17) is 14.9 Å². The maximum Gasteiger partial charge on any atom is 0.306 e. The zero-order valence-electron chi connectivity index (χ0n) is 11.7. The maximum atomic E-state index is 12.0. The predicted molar refractivity (Wildman–Crippen MR) is 74.8 cm³/mol. The highest BCUT2D eigenvalue weighted by atomic mass is 16.5. The Balaban J connectivity index is 1.81. The third kappa shape index (κ3) is 4.19. The Hall–Kier alpha value is -2.08. The number of carboxylic acid groups (broad SMARTS) is 1. The highest BCUT2D eigenvalue weighted by Crippen LogP contribution is 2.18. The molecule has 0 unspecified atom stereocenters. The molecular formula is C15H19NO5. The van der Waals surface area contributed by atoms with Gasteiger partial charge in [-0.2, -0.15) is 0 Å². The van der Waals surface area contributed by atoms with Crippen LogP contribution in [0.15, 0.2) is 24.3 Å². The first-order valence-electron chi connectivity index (χ1n) is 6.93. The first-order valence-corrected chi connectivity index (χ1v) is 6.93. The third-order valence-electron chi connectivity index (χ3n) is 3.64. The number of carboxylic acids is 1. The Morgan fingerprint density at radius 2 is 2.00 bits per heavy atom. The fourth-order valence-electron chi connectivity index (χ4n) is 2.35. The van der Waals surface area contributed by atoms with Crippen LogP contribution < -0.4 is 4.74 Å². The van der Waals surface area contributed by atoms with Crippen molar-refractivity contribution in [2.24, 2.45) is 5.92 Å². The van der Waals surface area contributed by atoms with Crippen molar-refractivity contribution in [3.05, 3.63) is 29.8 Å². The molecule has 0 aromatic heterocycles. The van der Waals surface area contributed by atoms with E-state index in [0.717, 1.165) is 5.56 Å². The van der Waals surface area contributed by atoms with Crippen LogP contribution in [0, 0.1) is 5.92 Å². The van der Waals surface area contributed by atoms with E-state index in [9.17, 15) is 9.59 Å². The average molecular weight is 293 g/mol. The molecule has 2 N–H and O–H groups in total. The van der Waals surface area contributed by atoms with E-state index < -0.39 is 5.97 Å². The van der Waals surface area contributed by atoms with Crippen molar-refractivity contribution in [1.82, 2.24) is 4.90 Å². The minimum absolute atomic E-state index is 0.0755. The highest BCUT2D eigenvalue weighted by Gasteiger charge is 2.26. The first kappa shape index (κ1) is 15.3. The summed E-state index contributed by atoms with van der Waals surface area (Å²) in [5.41, 5.74) is 0.724. The molecule has 114 valence electrons. The van der Waals surface area contributed by atoms with Gasteiger partial charge in [-0.25, -0.2) is 0 Å². The van der Waals surface area contributed by atoms with Gasteiger partial charge in [0.05, 0.1) is 12.5 Å². The average Bonchev–Trinajstić information content (AvgIpc) is 2.53. The standard InChI is InChI=1S/C15H19NO5/c17-9-11-2-1-3-13(8-11)21-10-14(18)16-6-4-12(5-7-16)15(19)20/h1-3,8,12,17H,4-7,9-10H2,(H,19,20). The van der Waals surface area contributed by atoms with Gasteiger partial charge in [-0.05, 0) is 30.5 Å². The summed E-state index contributed by atoms with van der Waals surface area (Å²) < 4.78 is 5.42. The van der Waals surface area contributed by atoms with Crippen molar-refractivity contribution >= 4 is 11.9 Å². The molecule has 0 aliphatic carbocycles. The molecule has 1 aliphatic heterocycles. The fourth-order valence-corrected chi connectivity index (χ4v) is 2.35. The van der Waals surface area contributed by atoms with Crippen molar-refractivity contribution in [2.75, 3.05) is 19.7 Å². The molecule has 0 radical (unpaired) electrons. The quantitative estimate of drug-likeness (QED) is 0.841. The van der Waals surface area contributed by atoms with E-state index in [-0.39, 0.29) is 25.0 Å². The van der Waals surface area contributed by atoms with Crippen LogP contribution in [0.1, 0.15) is 18.4 Å². The molecule has 0 spiro atoms. The molecule has 6 nitrogen and oxygen atoms in total. The Bertz CT molecular complexity index is 509. The molecule has 0 saturated carbocycles. The number of aliphatic hydroxyl groups is 1. The SMILES string of the molecule is O=C(O)C1CCN(C(=O)COc2cccc(CO)c2)CC1. The van der Waals surface area contributed by atoms with Gasteiger partial charge < -0.3 is 19.8 Å². The third-order valence-corrected chi connectivity index (χ3v) is 3.64. The summed E-state index contributed by atoms with van der Waals surface area (Å²) in [4.78, 5) is 24.5. The van der Waals surface area contributed by atoms with Crippen molar-refractivity contribution in [3.63, 3.8) is 0 Å². The fraction of sp³-hybridized carbons (Fsp3) is 0.467. The van der Waals surface area contributed by atoms with Crippen molar-refractivity contribution in [1.29, 1.82) is 0 Å². The number of hydrogen-bond donors (Lipinski definition) is 2. The molecule has 1 aromatic carbocycles. The Morgan fingerprint density at radius 3 is 2.62 bits per heavy atom. The van der Waals surface area contributed by atoms with Crippen LogP contribution in [-0.4, -0.2) is 46.7 Å². The van der Waals surface area contributed by atoms with E-state index in [2.05, 4.69) is 0 Å². The molecule has 21 heavy (non-hydrogen) atoms. The molecule has 0 atom stereocenters. The van der Waals surface area contributed by atoms with Gasteiger partial charge in [0.15, 0.2) is 6.61 Å². The molecule has 1 fully saturated rings. The van der Waals surface area contributed by atoms with Crippen molar-refractivity contribution < 1.29 is 24.5 Å². The topological polar surface area (TPSA) is 87.1 Å². The second kappa shape index (κ2) is 7.08. The number of aliphatic carboxylic acids is 1. The molecule has 0 bridgehead atoms. The molecule has 1 amide bonds. The smallest absolute Gasteiger partial charge is 0.306 e. The van der Waals surface area contributed by atoms with E-state index >= 15 is 0 Å².